The largest absolute Gasteiger partial charge is 0.492 e. The number of hydrogen-bond acceptors (Lipinski definition) is 17. The lowest BCUT2D eigenvalue weighted by molar-refractivity contribution is -0.0159. The number of aliphatic hydroxyl groups is 3. The number of rotatable bonds is 37. The Morgan fingerprint density at radius 2 is 1.04 bits per heavy atom. The lowest BCUT2D eigenvalue weighted by Crippen LogP contribution is -2.45. The molecule has 0 aromatic rings. The highest BCUT2D eigenvalue weighted by atomic mass is 28.4. The van der Waals surface area contributed by atoms with Gasteiger partial charge < -0.3 is 74.7 Å². The summed E-state index contributed by atoms with van der Waals surface area (Å²) in [4.78, 5) is 58.8. The van der Waals surface area contributed by atoms with Crippen molar-refractivity contribution in [3.05, 3.63) is 0 Å². The molecule has 0 amide bonds. The molecule has 0 aromatic heterocycles. The summed E-state index contributed by atoms with van der Waals surface area (Å²) in [7, 11) is -8.20. The van der Waals surface area contributed by atoms with Gasteiger partial charge in [0.2, 0.25) is 0 Å². The van der Waals surface area contributed by atoms with E-state index in [-0.39, 0.29) is 64.5 Å². The van der Waals surface area contributed by atoms with Crippen LogP contribution in [-0.4, -0.2) is 201 Å². The zero-order valence-electron chi connectivity index (χ0n) is 30.7. The highest BCUT2D eigenvalue weighted by molar-refractivity contribution is 6.56. The normalized spacial score (nSPS) is 15.2. The highest BCUT2D eigenvalue weighted by Crippen LogP contribution is 2.13. The first-order chi connectivity index (χ1) is 23.7. The number of aliphatic hydroxyl groups excluding tert-OH is 3. The molecule has 0 saturated carbocycles. The molecule has 0 fully saturated rings. The van der Waals surface area contributed by atoms with E-state index in [1.165, 1.54) is 0 Å². The van der Waals surface area contributed by atoms with E-state index in [0.717, 1.165) is 25.7 Å². The molecular weight excluding hydrogens is 691 g/mol. The van der Waals surface area contributed by atoms with Crippen molar-refractivity contribution in [3.63, 3.8) is 0 Å². The first-order valence-corrected chi connectivity index (χ1v) is 22.5. The van der Waals surface area contributed by atoms with Crippen molar-refractivity contribution in [2.75, 3.05) is 112 Å². The van der Waals surface area contributed by atoms with Crippen LogP contribution in [0.2, 0.25) is 12.1 Å². The van der Waals surface area contributed by atoms with Crippen LogP contribution in [0.1, 0.15) is 52.4 Å². The number of ether oxygens (including phenoxy) is 3. The van der Waals surface area contributed by atoms with Crippen LogP contribution in [0.25, 0.3) is 0 Å². The molecule has 0 spiro atoms. The monoisotopic (exact) mass is 763 g/mol. The molecule has 4 unspecified atom stereocenters. The summed E-state index contributed by atoms with van der Waals surface area (Å²) in [5.41, 5.74) is 5.58. The molecule has 0 aromatic carbocycles. The van der Waals surface area contributed by atoms with E-state index in [2.05, 4.69) is 29.4 Å². The summed E-state index contributed by atoms with van der Waals surface area (Å²) in [6.07, 6.45) is 2.60. The first kappa shape index (κ1) is 49.8. The van der Waals surface area contributed by atoms with Crippen molar-refractivity contribution in [2.45, 2.75) is 82.8 Å². The zero-order chi connectivity index (χ0) is 37.7. The van der Waals surface area contributed by atoms with Crippen LogP contribution in [-0.2, 0) is 14.2 Å². The average molecular weight is 764 g/mol. The molecule has 0 aliphatic rings. The molecule has 4 atom stereocenters. The standard InChI is InChI=1S/C31H73N5O12Si2/c1-3-5-8-28(4-2)24-48-27-31(39)23-36(22-30(38)26-47-18-7-20-50(43,44)45)16-13-34-12-15-35(14-11-33-10-9-32)21-29(37)25-46-17-6-19-49(40,41)42/h28-31,33-34,37-45H,3-27,32H2,1-2H3. The van der Waals surface area contributed by atoms with Crippen molar-refractivity contribution in [1.82, 2.24) is 20.4 Å². The van der Waals surface area contributed by atoms with E-state index in [1.807, 2.05) is 4.90 Å². The topological polar surface area (TPSA) is 266 Å². The van der Waals surface area contributed by atoms with Gasteiger partial charge in [-0.2, -0.15) is 0 Å². The molecular formula is C31H73N5O12Si2. The predicted molar refractivity (Wildman–Crippen MR) is 195 cm³/mol. The van der Waals surface area contributed by atoms with Gasteiger partial charge in [0.1, 0.15) is 0 Å². The Hall–Kier alpha value is -0.246. The molecule has 13 N–H and O–H groups in total. The Bertz CT molecular complexity index is 762. The third-order valence-electron chi connectivity index (χ3n) is 7.97. The van der Waals surface area contributed by atoms with E-state index >= 15 is 0 Å². The number of hydrogen-bond donors (Lipinski definition) is 12. The lowest BCUT2D eigenvalue weighted by Gasteiger charge is -2.28. The first-order valence-electron chi connectivity index (χ1n) is 18.4. The van der Waals surface area contributed by atoms with Gasteiger partial charge in [-0.05, 0) is 25.2 Å². The van der Waals surface area contributed by atoms with Gasteiger partial charge in [-0.3, -0.25) is 9.80 Å². The van der Waals surface area contributed by atoms with Crippen LogP contribution in [0.5, 0.6) is 0 Å². The van der Waals surface area contributed by atoms with Gasteiger partial charge in [0, 0.05) is 104 Å². The maximum Gasteiger partial charge on any atom is 0.492 e. The van der Waals surface area contributed by atoms with Crippen LogP contribution in [0.15, 0.2) is 0 Å². The van der Waals surface area contributed by atoms with Gasteiger partial charge in [-0.1, -0.05) is 33.1 Å². The van der Waals surface area contributed by atoms with Crippen molar-refractivity contribution < 1.29 is 58.3 Å². The molecule has 50 heavy (non-hydrogen) atoms. The van der Waals surface area contributed by atoms with Crippen molar-refractivity contribution >= 4 is 17.6 Å². The summed E-state index contributed by atoms with van der Waals surface area (Å²) in [6, 6.07) is -0.254. The summed E-state index contributed by atoms with van der Waals surface area (Å²) < 4.78 is 16.8. The smallest absolute Gasteiger partial charge is 0.390 e. The Morgan fingerprint density at radius 3 is 1.48 bits per heavy atom. The molecule has 0 saturated heterocycles. The second kappa shape index (κ2) is 31.1. The Labute approximate surface area is 302 Å². The Kier molecular flexibility index (Phi) is 31.0. The Balaban J connectivity index is 4.91. The summed E-state index contributed by atoms with van der Waals surface area (Å²) in [5.74, 6) is 0.462. The third-order valence-corrected chi connectivity index (χ3v) is 10.0. The lowest BCUT2D eigenvalue weighted by atomic mass is 10.0. The van der Waals surface area contributed by atoms with Crippen molar-refractivity contribution in [3.8, 4) is 0 Å². The Morgan fingerprint density at radius 1 is 0.600 bits per heavy atom. The van der Waals surface area contributed by atoms with Gasteiger partial charge in [0.05, 0.1) is 38.1 Å². The van der Waals surface area contributed by atoms with E-state index in [0.29, 0.717) is 78.0 Å². The maximum atomic E-state index is 10.8. The van der Waals surface area contributed by atoms with E-state index in [9.17, 15) is 15.3 Å². The van der Waals surface area contributed by atoms with E-state index < -0.39 is 35.9 Å². The molecule has 0 heterocycles. The maximum absolute atomic E-state index is 10.8. The van der Waals surface area contributed by atoms with Gasteiger partial charge in [-0.25, -0.2) is 0 Å². The summed E-state index contributed by atoms with van der Waals surface area (Å²) in [6.45, 7) is 11.4. The second-order valence-corrected chi connectivity index (χ2v) is 17.3. The predicted octanol–water partition coefficient (Wildman–Crippen LogP) is -3.31. The van der Waals surface area contributed by atoms with Crippen LogP contribution >= 0.6 is 0 Å². The number of unbranched alkanes of at least 4 members (excludes halogenated alkanes) is 1. The van der Waals surface area contributed by atoms with Gasteiger partial charge in [0.15, 0.2) is 0 Å². The quantitative estimate of drug-likeness (QED) is 0.0218. The number of nitrogens with zero attached hydrogens (tertiary/aromatic N) is 2. The van der Waals surface area contributed by atoms with Gasteiger partial charge in [-0.15, -0.1) is 0 Å². The van der Waals surface area contributed by atoms with Crippen LogP contribution in [0.3, 0.4) is 0 Å². The van der Waals surface area contributed by atoms with Crippen molar-refractivity contribution in [1.29, 1.82) is 0 Å². The molecule has 17 nitrogen and oxygen atoms in total. The van der Waals surface area contributed by atoms with Crippen molar-refractivity contribution in [2.24, 2.45) is 11.7 Å². The molecule has 0 rings (SSSR count). The third kappa shape index (κ3) is 33.6. The molecule has 302 valence electrons. The fourth-order valence-corrected chi connectivity index (χ4v) is 6.44. The summed E-state index contributed by atoms with van der Waals surface area (Å²) in [5, 5.41) is 38.6. The molecule has 19 heteroatoms. The molecule has 0 bridgehead atoms. The molecule has 0 aliphatic heterocycles. The van der Waals surface area contributed by atoms with Crippen LogP contribution in [0.4, 0.5) is 0 Å². The van der Waals surface area contributed by atoms with Gasteiger partial charge >= 0.3 is 17.6 Å². The van der Waals surface area contributed by atoms with E-state index in [1.54, 1.807) is 0 Å². The summed E-state index contributed by atoms with van der Waals surface area (Å²) >= 11 is 0. The molecule has 0 aliphatic carbocycles. The van der Waals surface area contributed by atoms with Crippen LogP contribution in [0, 0.1) is 5.92 Å². The highest BCUT2D eigenvalue weighted by Gasteiger charge is 2.26. The minimum Gasteiger partial charge on any atom is -0.390 e. The van der Waals surface area contributed by atoms with E-state index in [4.69, 9.17) is 48.7 Å². The fourth-order valence-electron chi connectivity index (χ4n) is 5.20. The SMILES string of the molecule is CCCCC(CC)COCC(O)CN(CCNCCN(CCNCCN)CC(O)COCCC[Si](O)(O)O)CC(O)COCCC[Si](O)(O)O. The minimum atomic E-state index is -4.11. The number of nitrogens with one attached hydrogen (secondary N) is 2. The fraction of sp³-hybridized carbons (Fsp3) is 1.00. The average Bonchev–Trinajstić information content (AvgIpc) is 3.02. The van der Waals surface area contributed by atoms with Gasteiger partial charge in [0.25, 0.3) is 0 Å². The number of nitrogens with two attached hydrogens (primary N) is 1. The van der Waals surface area contributed by atoms with Crippen LogP contribution < -0.4 is 16.4 Å². The zero-order valence-corrected chi connectivity index (χ0v) is 32.7. The minimum absolute atomic E-state index is 0.0228. The second-order valence-electron chi connectivity index (χ2n) is 13.2. The molecule has 0 radical (unpaired) electrons.